The van der Waals surface area contributed by atoms with Gasteiger partial charge in [0.05, 0.1) is 0 Å². The number of ether oxygens (including phenoxy) is 1. The van der Waals surface area contributed by atoms with Gasteiger partial charge in [-0.15, -0.1) is 0 Å². The summed E-state index contributed by atoms with van der Waals surface area (Å²) in [6.45, 7) is 0. The first-order valence-electron chi connectivity index (χ1n) is 3.62. The third kappa shape index (κ3) is 2.79. The van der Waals surface area contributed by atoms with Crippen LogP contribution >= 0.6 is 27.5 Å². The molecule has 1 rings (SSSR count). The second-order valence-corrected chi connectivity index (χ2v) is 3.69. The minimum atomic E-state index is -0.606. The molecule has 2 nitrogen and oxygen atoms in total. The maximum absolute atomic E-state index is 11.5. The fraction of sp³-hybridized carbons (Fsp3) is 0.222. The lowest BCUT2D eigenvalue weighted by Crippen LogP contribution is -2.15. The second kappa shape index (κ2) is 4.74. The predicted molar refractivity (Wildman–Crippen MR) is 55.5 cm³/mol. The molecule has 1 aromatic carbocycles. The molecule has 1 unspecified atom stereocenters. The molecule has 0 aromatic heterocycles. The van der Waals surface area contributed by atoms with E-state index in [1.807, 2.05) is 0 Å². The van der Waals surface area contributed by atoms with Crippen molar-refractivity contribution < 1.29 is 9.53 Å². The van der Waals surface area contributed by atoms with Gasteiger partial charge in [-0.3, -0.25) is 4.79 Å². The van der Waals surface area contributed by atoms with Gasteiger partial charge >= 0.3 is 0 Å². The molecule has 0 N–H and O–H groups in total. The van der Waals surface area contributed by atoms with Crippen LogP contribution in [0.4, 0.5) is 0 Å². The van der Waals surface area contributed by atoms with Gasteiger partial charge in [0, 0.05) is 17.7 Å². The lowest BCUT2D eigenvalue weighted by Gasteiger charge is -2.06. The third-order valence-corrected chi connectivity index (χ3v) is 2.55. The number of hydrogen-bond donors (Lipinski definition) is 0. The van der Waals surface area contributed by atoms with E-state index in [1.165, 1.54) is 7.11 Å². The number of benzene rings is 1. The molecular weight excluding hydrogens is 255 g/mol. The van der Waals surface area contributed by atoms with Gasteiger partial charge in [0.1, 0.15) is 0 Å². The van der Waals surface area contributed by atoms with Gasteiger partial charge in [-0.25, -0.2) is 0 Å². The Balaban J connectivity index is 2.89. The van der Waals surface area contributed by atoms with Crippen LogP contribution in [-0.4, -0.2) is 17.9 Å². The number of carbonyl (C=O) groups excluding carboxylic acids is 1. The predicted octanol–water partition coefficient (Wildman–Crippen LogP) is 2.89. The first-order valence-corrected chi connectivity index (χ1v) is 4.91. The summed E-state index contributed by atoms with van der Waals surface area (Å²) in [5, 5.41) is -0.0624. The Labute approximate surface area is 90.0 Å². The molecule has 0 spiro atoms. The number of Topliss-reactive ketones (excluding diaryl/α,β-unsaturated/α-hetero) is 1. The van der Waals surface area contributed by atoms with Crippen LogP contribution < -0.4 is 0 Å². The monoisotopic (exact) mass is 262 g/mol. The quantitative estimate of drug-likeness (QED) is 0.619. The molecule has 0 radical (unpaired) electrons. The van der Waals surface area contributed by atoms with Crippen LogP contribution in [0.15, 0.2) is 24.3 Å². The Hall–Kier alpha value is -0.380. The van der Waals surface area contributed by atoms with Gasteiger partial charge in [0.25, 0.3) is 0 Å². The normalized spacial score (nSPS) is 12.5. The van der Waals surface area contributed by atoms with Crippen molar-refractivity contribution in [2.24, 2.45) is 0 Å². The molecule has 0 heterocycles. The van der Waals surface area contributed by atoms with Gasteiger partial charge in [0.2, 0.25) is 5.78 Å². The highest BCUT2D eigenvalue weighted by Gasteiger charge is 2.15. The largest absolute Gasteiger partial charge is 0.362 e. The Morgan fingerprint density at radius 3 is 2.85 bits per heavy atom. The lowest BCUT2D eigenvalue weighted by atomic mass is 10.1. The summed E-state index contributed by atoms with van der Waals surface area (Å²) in [4.78, 5) is 11.5. The highest BCUT2D eigenvalue weighted by molar-refractivity contribution is 9.09. The molecule has 13 heavy (non-hydrogen) atoms. The Kier molecular flexibility index (Phi) is 3.90. The van der Waals surface area contributed by atoms with Crippen molar-refractivity contribution in [3.05, 3.63) is 34.9 Å². The summed E-state index contributed by atoms with van der Waals surface area (Å²) in [7, 11) is 1.46. The summed E-state index contributed by atoms with van der Waals surface area (Å²) < 4.78 is 4.83. The number of halogens is 2. The molecule has 0 amide bonds. The first-order chi connectivity index (χ1) is 6.15. The molecule has 0 fully saturated rings. The average Bonchev–Trinajstić information content (AvgIpc) is 2.15. The molecule has 0 aliphatic heterocycles. The fourth-order valence-corrected chi connectivity index (χ4v) is 1.33. The second-order valence-electron chi connectivity index (χ2n) is 2.43. The van der Waals surface area contributed by atoms with Crippen LogP contribution in [0.25, 0.3) is 0 Å². The molecule has 0 bridgehead atoms. The fourth-order valence-electron chi connectivity index (χ4n) is 0.880. The van der Waals surface area contributed by atoms with Crippen molar-refractivity contribution >= 4 is 33.3 Å². The first kappa shape index (κ1) is 10.7. The zero-order valence-corrected chi connectivity index (χ0v) is 9.30. The summed E-state index contributed by atoms with van der Waals surface area (Å²) >= 11 is 8.82. The Bertz CT molecular complexity index is 314. The minimum absolute atomic E-state index is 0.134. The molecule has 70 valence electrons. The van der Waals surface area contributed by atoms with E-state index in [2.05, 4.69) is 15.9 Å². The van der Waals surface area contributed by atoms with E-state index in [1.54, 1.807) is 24.3 Å². The van der Waals surface area contributed by atoms with Gasteiger partial charge < -0.3 is 4.74 Å². The highest BCUT2D eigenvalue weighted by Crippen LogP contribution is 2.15. The minimum Gasteiger partial charge on any atom is -0.362 e. The number of methoxy groups -OCH3 is 1. The highest BCUT2D eigenvalue weighted by atomic mass is 79.9. The number of rotatable bonds is 3. The van der Waals surface area contributed by atoms with E-state index in [0.717, 1.165) is 0 Å². The summed E-state index contributed by atoms with van der Waals surface area (Å²) in [6, 6.07) is 6.75. The SMILES string of the molecule is COC(Br)C(=O)c1cccc(Cl)c1. The van der Waals surface area contributed by atoms with Gasteiger partial charge in [0.15, 0.2) is 5.01 Å². The topological polar surface area (TPSA) is 26.3 Å². The summed E-state index contributed by atoms with van der Waals surface area (Å²) in [5.41, 5.74) is 0.538. The zero-order chi connectivity index (χ0) is 9.84. The van der Waals surface area contributed by atoms with E-state index < -0.39 is 5.01 Å². The summed E-state index contributed by atoms with van der Waals surface area (Å²) in [6.07, 6.45) is 0. The number of hydrogen-bond acceptors (Lipinski definition) is 2. The molecule has 0 saturated heterocycles. The molecular formula is C9H8BrClO2. The van der Waals surface area contributed by atoms with E-state index >= 15 is 0 Å². The van der Waals surface area contributed by atoms with E-state index in [9.17, 15) is 4.79 Å². The molecule has 4 heteroatoms. The van der Waals surface area contributed by atoms with Crippen LogP contribution in [0, 0.1) is 0 Å². The van der Waals surface area contributed by atoms with Crippen molar-refractivity contribution in [1.29, 1.82) is 0 Å². The van der Waals surface area contributed by atoms with Gasteiger partial charge in [-0.1, -0.05) is 23.7 Å². The van der Waals surface area contributed by atoms with Crippen LogP contribution in [0.1, 0.15) is 10.4 Å². The maximum Gasteiger partial charge on any atom is 0.202 e. The van der Waals surface area contributed by atoms with Crippen LogP contribution in [0.5, 0.6) is 0 Å². The van der Waals surface area contributed by atoms with Crippen LogP contribution in [0.3, 0.4) is 0 Å². The lowest BCUT2D eigenvalue weighted by molar-refractivity contribution is 0.0805. The van der Waals surface area contributed by atoms with Gasteiger partial charge in [-0.2, -0.15) is 0 Å². The Morgan fingerprint density at radius 2 is 2.31 bits per heavy atom. The standard InChI is InChI=1S/C9H8BrClO2/c1-13-9(10)8(12)6-3-2-4-7(11)5-6/h2-5,9H,1H3. The van der Waals surface area contributed by atoms with Crippen molar-refractivity contribution in [3.63, 3.8) is 0 Å². The smallest absolute Gasteiger partial charge is 0.202 e. The Morgan fingerprint density at radius 1 is 1.62 bits per heavy atom. The van der Waals surface area contributed by atoms with E-state index in [-0.39, 0.29) is 5.78 Å². The molecule has 0 aliphatic carbocycles. The van der Waals surface area contributed by atoms with Crippen molar-refractivity contribution in [3.8, 4) is 0 Å². The zero-order valence-electron chi connectivity index (χ0n) is 6.96. The average molecular weight is 264 g/mol. The number of ketones is 1. The number of carbonyl (C=O) groups is 1. The van der Waals surface area contributed by atoms with Crippen molar-refractivity contribution in [1.82, 2.24) is 0 Å². The molecule has 0 saturated carbocycles. The van der Waals surface area contributed by atoms with Crippen LogP contribution in [-0.2, 0) is 4.74 Å². The molecule has 1 aromatic rings. The summed E-state index contributed by atoms with van der Waals surface area (Å²) in [5.74, 6) is -0.134. The maximum atomic E-state index is 11.5. The third-order valence-electron chi connectivity index (χ3n) is 1.52. The van der Waals surface area contributed by atoms with E-state index in [4.69, 9.17) is 16.3 Å². The molecule has 1 atom stereocenters. The van der Waals surface area contributed by atoms with Crippen LogP contribution in [0.2, 0.25) is 5.02 Å². The van der Waals surface area contributed by atoms with Crippen molar-refractivity contribution in [2.45, 2.75) is 5.01 Å². The van der Waals surface area contributed by atoms with E-state index in [0.29, 0.717) is 10.6 Å². The van der Waals surface area contributed by atoms with Gasteiger partial charge in [-0.05, 0) is 28.1 Å². The van der Waals surface area contributed by atoms with Crippen molar-refractivity contribution in [2.75, 3.05) is 7.11 Å². The molecule has 0 aliphatic rings. The number of alkyl halides is 1.